The summed E-state index contributed by atoms with van der Waals surface area (Å²) in [5, 5.41) is 0. The molecule has 0 spiro atoms. The summed E-state index contributed by atoms with van der Waals surface area (Å²) < 4.78 is 0. The van der Waals surface area contributed by atoms with E-state index in [4.69, 9.17) is 0 Å². The van der Waals surface area contributed by atoms with Crippen molar-refractivity contribution in [1.82, 2.24) is 0 Å². The van der Waals surface area contributed by atoms with Crippen molar-refractivity contribution in [2.24, 2.45) is 0 Å². The third-order valence-corrected chi connectivity index (χ3v) is 0. The van der Waals surface area contributed by atoms with Crippen molar-refractivity contribution in [2.75, 3.05) is 12.5 Å². The first-order valence-corrected chi connectivity index (χ1v) is 4.89. The van der Waals surface area contributed by atoms with Crippen LogP contribution < -0.4 is 0 Å². The van der Waals surface area contributed by atoms with Gasteiger partial charge in [-0.2, -0.15) is 11.8 Å². The van der Waals surface area contributed by atoms with E-state index in [1.165, 1.54) is 0 Å². The van der Waals surface area contributed by atoms with Crippen molar-refractivity contribution in [2.45, 2.75) is 0 Å². The van der Waals surface area contributed by atoms with Crippen LogP contribution in [0.15, 0.2) is 0 Å². The van der Waals surface area contributed by atoms with E-state index >= 15 is 0 Å². The summed E-state index contributed by atoms with van der Waals surface area (Å²) in [6.07, 6.45) is 4.08. The average molecular weight is 206 g/mol. The Kier molecular flexibility index (Phi) is 35.2. The fraction of sp³-hybridized carbons (Fsp3) is 1.00. The zero-order valence-electron chi connectivity index (χ0n) is 3.09. The molecule has 0 aromatic heterocycles. The molecule has 38 valence electrons. The van der Waals surface area contributed by atoms with E-state index in [9.17, 15) is 0 Å². The molecule has 0 atom stereocenters. The number of hydrogen-bond acceptors (Lipinski definition) is 1. The van der Waals surface area contributed by atoms with Crippen molar-refractivity contribution < 1.29 is 14.2 Å². The standard InChI is InChI=1S/C2H6S.BrH.Cu/c1-3-2;;/h1-2H3;1H;/q;;+1/p-1. The van der Waals surface area contributed by atoms with Gasteiger partial charge in [-0.3, -0.25) is 0 Å². The molecule has 0 aliphatic carbocycles. The molecule has 5 heavy (non-hydrogen) atoms. The van der Waals surface area contributed by atoms with Crippen LogP contribution in [0.2, 0.25) is 0 Å². The molecular weight excluding hydrogens is 200 g/mol. The van der Waals surface area contributed by atoms with Gasteiger partial charge in [0.2, 0.25) is 0 Å². The molecule has 0 aromatic carbocycles. The fourth-order valence-electron chi connectivity index (χ4n) is 0. The zero-order valence-corrected chi connectivity index (χ0v) is 6.43. The molecular formula is C2H6BrCuS. The summed E-state index contributed by atoms with van der Waals surface area (Å²) in [5.74, 6) is 0. The molecule has 0 aromatic rings. The molecule has 0 rings (SSSR count). The molecule has 0 saturated carbocycles. The second-order valence-electron chi connectivity index (χ2n) is 0.408. The van der Waals surface area contributed by atoms with Crippen molar-refractivity contribution in [1.29, 1.82) is 0 Å². The zero-order chi connectivity index (χ0) is 4.71. The van der Waals surface area contributed by atoms with Crippen molar-refractivity contribution in [3.63, 3.8) is 0 Å². The van der Waals surface area contributed by atoms with Crippen LogP contribution in [0.25, 0.3) is 0 Å². The molecule has 0 aliphatic rings. The third-order valence-electron chi connectivity index (χ3n) is 0. The Morgan fingerprint density at radius 1 is 1.40 bits per heavy atom. The maximum absolute atomic E-state index is 4.00. The molecule has 0 heterocycles. The number of hydrogen-bond donors (Lipinski definition) is 0. The normalized spacial score (nSPS) is 5.00. The quantitative estimate of drug-likeness (QED) is 0.544. The van der Waals surface area contributed by atoms with E-state index in [-0.39, 0.29) is 0 Å². The first-order valence-electron chi connectivity index (χ1n) is 0.930. The second kappa shape index (κ2) is 18.3. The Labute approximate surface area is 52.6 Å². The minimum absolute atomic E-state index is 1.75. The molecule has 0 bridgehead atoms. The molecule has 0 amide bonds. The van der Waals surface area contributed by atoms with E-state index in [1.807, 2.05) is 12.5 Å². The number of halogens is 1. The Morgan fingerprint density at radius 2 is 1.40 bits per heavy atom. The van der Waals surface area contributed by atoms with Gasteiger partial charge in [0.1, 0.15) is 0 Å². The first kappa shape index (κ1) is 9.60. The van der Waals surface area contributed by atoms with Crippen LogP contribution in [0.4, 0.5) is 0 Å². The van der Waals surface area contributed by atoms with E-state index < -0.39 is 0 Å². The molecule has 3 heteroatoms. The van der Waals surface area contributed by atoms with Gasteiger partial charge in [-0.15, -0.1) is 0 Å². The Morgan fingerprint density at radius 3 is 1.40 bits per heavy atom. The SMILES string of the molecule is CSC.[Cu][Br]. The van der Waals surface area contributed by atoms with Crippen molar-refractivity contribution in [3.05, 3.63) is 0 Å². The second-order valence-corrected chi connectivity index (χ2v) is 1.22. The van der Waals surface area contributed by atoms with Gasteiger partial charge in [0.15, 0.2) is 0 Å². The van der Waals surface area contributed by atoms with Gasteiger partial charge in [-0.05, 0) is 12.5 Å². The maximum atomic E-state index is 4.00. The molecule has 0 aliphatic heterocycles. The van der Waals surface area contributed by atoms with Gasteiger partial charge in [0.05, 0.1) is 0 Å². The predicted molar refractivity (Wildman–Crippen MR) is 28.4 cm³/mol. The third kappa shape index (κ3) is 33.0. The van der Waals surface area contributed by atoms with E-state index in [1.54, 1.807) is 11.8 Å². The van der Waals surface area contributed by atoms with Crippen LogP contribution in [0.1, 0.15) is 0 Å². The van der Waals surface area contributed by atoms with Gasteiger partial charge in [0.25, 0.3) is 0 Å². The number of thioether (sulfide) groups is 1. The van der Waals surface area contributed by atoms with Gasteiger partial charge < -0.3 is 0 Å². The van der Waals surface area contributed by atoms with Crippen molar-refractivity contribution >= 4 is 25.9 Å². The molecule has 0 N–H and O–H groups in total. The number of rotatable bonds is 0. The summed E-state index contributed by atoms with van der Waals surface area (Å²) in [7, 11) is 0. The monoisotopic (exact) mass is 204 g/mol. The summed E-state index contributed by atoms with van der Waals surface area (Å²) in [4.78, 5) is 0. The minimum atomic E-state index is 1.75. The van der Waals surface area contributed by atoms with E-state index in [0.29, 0.717) is 0 Å². The van der Waals surface area contributed by atoms with Crippen LogP contribution >= 0.6 is 25.9 Å². The van der Waals surface area contributed by atoms with Gasteiger partial charge in [-0.1, -0.05) is 0 Å². The topological polar surface area (TPSA) is 0 Å². The Balaban J connectivity index is 0. The first-order chi connectivity index (χ1) is 2.41. The molecule has 0 saturated heterocycles. The summed E-state index contributed by atoms with van der Waals surface area (Å²) in [6, 6.07) is 0. The Bertz CT molecular complexity index is 9.61. The van der Waals surface area contributed by atoms with Gasteiger partial charge >= 0.3 is 28.3 Å². The van der Waals surface area contributed by atoms with Crippen LogP contribution in [-0.4, -0.2) is 12.5 Å². The summed E-state index contributed by atoms with van der Waals surface area (Å²) in [5.41, 5.74) is 0. The molecule has 0 fully saturated rings. The van der Waals surface area contributed by atoms with Crippen molar-refractivity contribution in [3.8, 4) is 0 Å². The summed E-state index contributed by atoms with van der Waals surface area (Å²) >= 11 is 8.25. The van der Waals surface area contributed by atoms with Gasteiger partial charge in [-0.25, -0.2) is 0 Å². The summed E-state index contributed by atoms with van der Waals surface area (Å²) in [6.45, 7) is 0. The molecule has 0 unspecified atom stereocenters. The Hall–Kier alpha value is 1.35. The molecule has 0 nitrogen and oxygen atoms in total. The molecule has 0 radical (unpaired) electrons. The van der Waals surface area contributed by atoms with E-state index in [2.05, 4.69) is 28.3 Å². The van der Waals surface area contributed by atoms with Crippen LogP contribution in [-0.2, 0) is 14.2 Å². The predicted octanol–water partition coefficient (Wildman–Crippen LogP) is 1.82. The average Bonchev–Trinajstić information content (AvgIpc) is 1.46. The van der Waals surface area contributed by atoms with Crippen LogP contribution in [0, 0.1) is 0 Å². The van der Waals surface area contributed by atoms with Crippen LogP contribution in [0.5, 0.6) is 0 Å². The fourth-order valence-corrected chi connectivity index (χ4v) is 0. The van der Waals surface area contributed by atoms with E-state index in [0.717, 1.165) is 0 Å². The van der Waals surface area contributed by atoms with Gasteiger partial charge in [0, 0.05) is 0 Å². The van der Waals surface area contributed by atoms with Crippen LogP contribution in [0.3, 0.4) is 0 Å².